The van der Waals surface area contributed by atoms with Gasteiger partial charge < -0.3 is 18.8 Å². The van der Waals surface area contributed by atoms with Crippen molar-refractivity contribution >= 4 is 27.8 Å². The second-order valence-corrected chi connectivity index (χ2v) is 10.6. The first-order chi connectivity index (χ1) is 17.4. The van der Waals surface area contributed by atoms with Gasteiger partial charge in [-0.3, -0.25) is 4.79 Å². The Morgan fingerprint density at radius 1 is 1.08 bits per heavy atom. The van der Waals surface area contributed by atoms with Gasteiger partial charge in [-0.2, -0.15) is 0 Å². The van der Waals surface area contributed by atoms with E-state index >= 15 is 0 Å². The molecule has 1 saturated carbocycles. The molecule has 1 aliphatic carbocycles. The lowest BCUT2D eigenvalue weighted by atomic mass is 9.71. The van der Waals surface area contributed by atoms with Gasteiger partial charge in [0.25, 0.3) is 0 Å². The quantitative estimate of drug-likeness (QED) is 0.386. The van der Waals surface area contributed by atoms with E-state index in [-0.39, 0.29) is 18.2 Å². The van der Waals surface area contributed by atoms with Gasteiger partial charge in [0, 0.05) is 40.9 Å². The third kappa shape index (κ3) is 3.66. The van der Waals surface area contributed by atoms with Gasteiger partial charge in [0.15, 0.2) is 0 Å². The standard InChI is InChI=1S/C30H31NO5/c1-18-22-14-24-25(20-8-4-3-5-9-20)17-35-27(24)19(2)28(22)36-29(33)23(18)15-26(32)31-13-12-30(34)11-7-6-10-21(30)16-31/h3-5,8-9,14,17,21,34H,6-7,10-13,15-16H2,1-2H3/t21-,30+/m1/s1. The number of aryl methyl sites for hydroxylation is 2. The number of carbonyl (C=O) groups is 1. The number of hydrogen-bond acceptors (Lipinski definition) is 5. The molecule has 36 heavy (non-hydrogen) atoms. The Morgan fingerprint density at radius 3 is 2.69 bits per heavy atom. The highest BCUT2D eigenvalue weighted by Crippen LogP contribution is 2.40. The van der Waals surface area contributed by atoms with Crippen LogP contribution < -0.4 is 5.63 Å². The first-order valence-corrected chi connectivity index (χ1v) is 12.9. The molecule has 6 nitrogen and oxygen atoms in total. The maximum absolute atomic E-state index is 13.3. The van der Waals surface area contributed by atoms with E-state index in [9.17, 15) is 14.7 Å². The highest BCUT2D eigenvalue weighted by atomic mass is 16.4. The van der Waals surface area contributed by atoms with Crippen LogP contribution in [0.4, 0.5) is 0 Å². The minimum Gasteiger partial charge on any atom is -0.463 e. The van der Waals surface area contributed by atoms with Crippen molar-refractivity contribution in [3.63, 3.8) is 0 Å². The minimum absolute atomic E-state index is 0.00324. The monoisotopic (exact) mass is 485 g/mol. The van der Waals surface area contributed by atoms with Gasteiger partial charge in [-0.05, 0) is 50.3 Å². The second kappa shape index (κ2) is 8.63. The van der Waals surface area contributed by atoms with Gasteiger partial charge >= 0.3 is 5.63 Å². The first kappa shape index (κ1) is 23.0. The number of hydrogen-bond donors (Lipinski definition) is 1. The van der Waals surface area contributed by atoms with Crippen molar-refractivity contribution in [3.8, 4) is 11.1 Å². The SMILES string of the molecule is Cc1c(CC(=O)N2CC[C@@]3(O)CCCC[C@@H]3C2)c(=O)oc2c(C)c3occ(-c4ccccc4)c3cc12. The van der Waals surface area contributed by atoms with Gasteiger partial charge in [0.05, 0.1) is 23.8 Å². The number of furan rings is 1. The summed E-state index contributed by atoms with van der Waals surface area (Å²) in [5, 5.41) is 12.7. The van der Waals surface area contributed by atoms with Crippen LogP contribution in [0.25, 0.3) is 33.1 Å². The summed E-state index contributed by atoms with van der Waals surface area (Å²) in [5.41, 5.74) is 4.05. The lowest BCUT2D eigenvalue weighted by molar-refractivity contribution is -0.142. The molecular weight excluding hydrogens is 454 g/mol. The van der Waals surface area contributed by atoms with E-state index in [0.29, 0.717) is 36.2 Å². The van der Waals surface area contributed by atoms with Crippen LogP contribution in [0.5, 0.6) is 0 Å². The molecule has 1 aliphatic heterocycles. The first-order valence-electron chi connectivity index (χ1n) is 12.9. The molecule has 2 aromatic carbocycles. The zero-order valence-corrected chi connectivity index (χ0v) is 20.8. The average Bonchev–Trinajstić information content (AvgIpc) is 3.31. The van der Waals surface area contributed by atoms with E-state index in [4.69, 9.17) is 8.83 Å². The fourth-order valence-electron chi connectivity index (χ4n) is 6.30. The van der Waals surface area contributed by atoms with E-state index in [1.54, 1.807) is 6.26 Å². The van der Waals surface area contributed by atoms with Crippen LogP contribution in [0.3, 0.4) is 0 Å². The van der Waals surface area contributed by atoms with Crippen LogP contribution in [0, 0.1) is 19.8 Å². The van der Waals surface area contributed by atoms with Gasteiger partial charge in [0.1, 0.15) is 11.2 Å². The van der Waals surface area contributed by atoms with Crippen LogP contribution >= 0.6 is 0 Å². The molecule has 6 rings (SSSR count). The molecule has 3 heterocycles. The number of carbonyl (C=O) groups excluding carboxylic acids is 1. The van der Waals surface area contributed by atoms with Crippen molar-refractivity contribution in [2.24, 2.45) is 5.92 Å². The number of fused-ring (bicyclic) bond motifs is 3. The third-order valence-electron chi connectivity index (χ3n) is 8.53. The molecule has 2 atom stereocenters. The molecule has 1 N–H and O–H groups in total. The Hall–Kier alpha value is -3.38. The largest absolute Gasteiger partial charge is 0.463 e. The minimum atomic E-state index is -0.642. The fraction of sp³-hybridized carbons (Fsp3) is 0.400. The molecule has 2 aromatic heterocycles. The number of piperidine rings is 1. The molecule has 0 spiro atoms. The topological polar surface area (TPSA) is 83.9 Å². The van der Waals surface area contributed by atoms with E-state index in [1.165, 1.54) is 0 Å². The number of benzene rings is 2. The predicted molar refractivity (Wildman–Crippen MR) is 139 cm³/mol. The average molecular weight is 486 g/mol. The summed E-state index contributed by atoms with van der Waals surface area (Å²) >= 11 is 0. The Kier molecular flexibility index (Phi) is 5.52. The molecule has 0 bridgehead atoms. The summed E-state index contributed by atoms with van der Waals surface area (Å²) in [7, 11) is 0. The maximum Gasteiger partial charge on any atom is 0.340 e. The molecule has 1 saturated heterocycles. The van der Waals surface area contributed by atoms with Crippen molar-refractivity contribution < 1.29 is 18.7 Å². The zero-order chi connectivity index (χ0) is 25.0. The summed E-state index contributed by atoms with van der Waals surface area (Å²) in [6.45, 7) is 4.88. The molecule has 0 radical (unpaired) electrons. The van der Waals surface area contributed by atoms with Gasteiger partial charge in [-0.1, -0.05) is 43.2 Å². The summed E-state index contributed by atoms with van der Waals surface area (Å²) < 4.78 is 11.7. The van der Waals surface area contributed by atoms with E-state index in [0.717, 1.165) is 58.7 Å². The molecule has 4 aromatic rings. The number of nitrogens with zero attached hydrogens (tertiary/aromatic N) is 1. The van der Waals surface area contributed by atoms with Gasteiger partial charge in [-0.25, -0.2) is 4.79 Å². The molecular formula is C30H31NO5. The summed E-state index contributed by atoms with van der Waals surface area (Å²) in [5.74, 6) is 0.0370. The highest BCUT2D eigenvalue weighted by Gasteiger charge is 2.43. The summed E-state index contributed by atoms with van der Waals surface area (Å²) in [6, 6.07) is 12.1. The lowest BCUT2D eigenvalue weighted by Gasteiger charge is -2.47. The summed E-state index contributed by atoms with van der Waals surface area (Å²) in [6.07, 6.45) is 6.26. The smallest absolute Gasteiger partial charge is 0.340 e. The van der Waals surface area contributed by atoms with Crippen molar-refractivity contribution in [2.45, 2.75) is 58.0 Å². The van der Waals surface area contributed by atoms with E-state index in [2.05, 4.69) is 0 Å². The van der Waals surface area contributed by atoms with Crippen molar-refractivity contribution in [1.29, 1.82) is 0 Å². The van der Waals surface area contributed by atoms with Crippen molar-refractivity contribution in [1.82, 2.24) is 4.90 Å². The van der Waals surface area contributed by atoms with Crippen LogP contribution in [0.15, 0.2) is 56.3 Å². The lowest BCUT2D eigenvalue weighted by Crippen LogP contribution is -2.55. The molecule has 2 fully saturated rings. The van der Waals surface area contributed by atoms with Crippen molar-refractivity contribution in [3.05, 3.63) is 69.8 Å². The Bertz CT molecular complexity index is 1530. The normalized spacial score (nSPS) is 22.2. The number of amides is 1. The Labute approximate surface area is 209 Å². The van der Waals surface area contributed by atoms with Crippen LogP contribution in [0.1, 0.15) is 48.8 Å². The van der Waals surface area contributed by atoms with Gasteiger partial charge in [0.2, 0.25) is 5.91 Å². The molecule has 0 unspecified atom stereocenters. The molecule has 186 valence electrons. The molecule has 6 heteroatoms. The number of aliphatic hydroxyl groups is 1. The van der Waals surface area contributed by atoms with E-state index in [1.807, 2.05) is 55.1 Å². The number of likely N-dealkylation sites (tertiary alicyclic amines) is 1. The molecule has 1 amide bonds. The predicted octanol–water partition coefficient (Wildman–Crippen LogP) is 5.52. The van der Waals surface area contributed by atoms with Crippen LogP contribution in [-0.4, -0.2) is 34.6 Å². The maximum atomic E-state index is 13.3. The van der Waals surface area contributed by atoms with Gasteiger partial charge in [-0.15, -0.1) is 0 Å². The van der Waals surface area contributed by atoms with E-state index < -0.39 is 11.2 Å². The Morgan fingerprint density at radius 2 is 1.89 bits per heavy atom. The highest BCUT2D eigenvalue weighted by molar-refractivity contribution is 6.05. The second-order valence-electron chi connectivity index (χ2n) is 10.6. The fourth-order valence-corrected chi connectivity index (χ4v) is 6.30. The summed E-state index contributed by atoms with van der Waals surface area (Å²) in [4.78, 5) is 28.2. The van der Waals surface area contributed by atoms with Crippen molar-refractivity contribution in [2.75, 3.05) is 13.1 Å². The Balaban J connectivity index is 1.37. The third-order valence-corrected chi connectivity index (χ3v) is 8.53. The number of rotatable bonds is 3. The molecule has 2 aliphatic rings. The van der Waals surface area contributed by atoms with Crippen LogP contribution in [-0.2, 0) is 11.2 Å². The zero-order valence-electron chi connectivity index (χ0n) is 20.8. The van der Waals surface area contributed by atoms with Crippen LogP contribution in [0.2, 0.25) is 0 Å².